The molecule has 174 valence electrons. The van der Waals surface area contributed by atoms with Gasteiger partial charge < -0.3 is 14.8 Å². The lowest BCUT2D eigenvalue weighted by atomic mass is 10.0. The van der Waals surface area contributed by atoms with Crippen LogP contribution in [-0.4, -0.2) is 25.0 Å². The molecule has 0 bridgehead atoms. The molecular weight excluding hydrogens is 482 g/mol. The number of benzene rings is 3. The first kappa shape index (κ1) is 24.0. The van der Waals surface area contributed by atoms with Gasteiger partial charge in [0.05, 0.1) is 19.9 Å². The van der Waals surface area contributed by atoms with E-state index in [9.17, 15) is 10.1 Å². The molecule has 4 aromatic rings. The van der Waals surface area contributed by atoms with Crippen LogP contribution in [0.4, 0.5) is 5.69 Å². The molecule has 6 nitrogen and oxygen atoms in total. The average Bonchev–Trinajstić information content (AvgIpc) is 3.39. The molecular formula is C27H20ClN3O3S. The van der Waals surface area contributed by atoms with Crippen molar-refractivity contribution in [2.45, 2.75) is 0 Å². The van der Waals surface area contributed by atoms with Crippen molar-refractivity contribution in [1.82, 2.24) is 4.98 Å². The molecule has 0 aliphatic rings. The SMILES string of the molecule is COc1ccc(-c2csc(/C(C#N)=C/Nc3ccc(Cl)cc3C(=O)c3ccccc3)n2)cc1OC. The quantitative estimate of drug-likeness (QED) is 0.214. The molecule has 0 spiro atoms. The number of halogens is 1. The van der Waals surface area contributed by atoms with Crippen molar-refractivity contribution in [1.29, 1.82) is 5.26 Å². The van der Waals surface area contributed by atoms with Gasteiger partial charge in [-0.2, -0.15) is 5.26 Å². The number of rotatable bonds is 8. The van der Waals surface area contributed by atoms with Gasteiger partial charge in [-0.1, -0.05) is 41.9 Å². The van der Waals surface area contributed by atoms with Crippen molar-refractivity contribution in [3.63, 3.8) is 0 Å². The number of carbonyl (C=O) groups excluding carboxylic acids is 1. The number of ketones is 1. The molecule has 0 amide bonds. The van der Waals surface area contributed by atoms with Gasteiger partial charge in [-0.15, -0.1) is 11.3 Å². The van der Waals surface area contributed by atoms with E-state index in [0.717, 1.165) is 5.56 Å². The summed E-state index contributed by atoms with van der Waals surface area (Å²) in [4.78, 5) is 17.7. The fourth-order valence-corrected chi connectivity index (χ4v) is 4.36. The van der Waals surface area contributed by atoms with E-state index in [2.05, 4.69) is 16.4 Å². The maximum absolute atomic E-state index is 13.0. The van der Waals surface area contributed by atoms with Gasteiger partial charge in [-0.25, -0.2) is 4.98 Å². The molecule has 0 aliphatic heterocycles. The Bertz CT molecular complexity index is 1440. The molecule has 8 heteroatoms. The van der Waals surface area contributed by atoms with Crippen LogP contribution in [0.1, 0.15) is 20.9 Å². The van der Waals surface area contributed by atoms with Crippen LogP contribution >= 0.6 is 22.9 Å². The van der Waals surface area contributed by atoms with Gasteiger partial charge in [0.2, 0.25) is 0 Å². The van der Waals surface area contributed by atoms with E-state index < -0.39 is 0 Å². The third-order valence-electron chi connectivity index (χ3n) is 5.17. The lowest BCUT2D eigenvalue weighted by Crippen LogP contribution is -2.05. The van der Waals surface area contributed by atoms with Crippen LogP contribution in [0.15, 0.2) is 78.3 Å². The summed E-state index contributed by atoms with van der Waals surface area (Å²) >= 11 is 7.51. The molecule has 0 atom stereocenters. The number of aromatic nitrogens is 1. The third-order valence-corrected chi connectivity index (χ3v) is 6.28. The summed E-state index contributed by atoms with van der Waals surface area (Å²) in [7, 11) is 3.15. The molecule has 1 aromatic heterocycles. The standard InChI is InChI=1S/C27H20ClN3O3S/c1-33-24-11-8-18(12-25(24)34-2)23-16-35-27(31-23)19(14-29)15-30-22-10-9-20(28)13-21(22)26(32)17-6-4-3-5-7-17/h3-13,15-16,30H,1-2H3/b19-15+. The van der Waals surface area contributed by atoms with E-state index in [4.69, 9.17) is 21.1 Å². The van der Waals surface area contributed by atoms with Gasteiger partial charge in [-0.3, -0.25) is 4.79 Å². The monoisotopic (exact) mass is 501 g/mol. The summed E-state index contributed by atoms with van der Waals surface area (Å²) in [5.74, 6) is 1.04. The van der Waals surface area contributed by atoms with Crippen LogP contribution in [0, 0.1) is 11.3 Å². The van der Waals surface area contributed by atoms with Gasteiger partial charge in [0.25, 0.3) is 0 Å². The first-order valence-corrected chi connectivity index (χ1v) is 11.7. The second kappa shape index (κ2) is 10.9. The van der Waals surface area contributed by atoms with E-state index in [1.165, 1.54) is 11.3 Å². The molecule has 4 rings (SSSR count). The van der Waals surface area contributed by atoms with Gasteiger partial charge in [-0.05, 0) is 36.4 Å². The van der Waals surface area contributed by atoms with Gasteiger partial charge >= 0.3 is 0 Å². The summed E-state index contributed by atoms with van der Waals surface area (Å²) in [6.07, 6.45) is 1.54. The lowest BCUT2D eigenvalue weighted by molar-refractivity contribution is 0.103. The maximum Gasteiger partial charge on any atom is 0.195 e. The van der Waals surface area contributed by atoms with Gasteiger partial charge in [0.15, 0.2) is 17.3 Å². The van der Waals surface area contributed by atoms with Crippen LogP contribution < -0.4 is 14.8 Å². The highest BCUT2D eigenvalue weighted by atomic mass is 35.5. The fraction of sp³-hybridized carbons (Fsp3) is 0.0741. The highest BCUT2D eigenvalue weighted by molar-refractivity contribution is 7.11. The molecule has 0 saturated heterocycles. The Morgan fingerprint density at radius 1 is 1.06 bits per heavy atom. The van der Waals surface area contributed by atoms with Crippen molar-refractivity contribution in [3.05, 3.63) is 99.5 Å². The van der Waals surface area contributed by atoms with Gasteiger partial charge in [0.1, 0.15) is 16.6 Å². The molecule has 0 radical (unpaired) electrons. The summed E-state index contributed by atoms with van der Waals surface area (Å²) in [6, 6.07) is 21.6. The number of nitrogens with one attached hydrogen (secondary N) is 1. The number of carbonyl (C=O) groups is 1. The molecule has 0 unspecified atom stereocenters. The van der Waals surface area contributed by atoms with E-state index in [0.29, 0.717) is 49.6 Å². The first-order chi connectivity index (χ1) is 17.0. The van der Waals surface area contributed by atoms with Crippen molar-refractivity contribution < 1.29 is 14.3 Å². The molecule has 0 saturated carbocycles. The zero-order valence-electron chi connectivity index (χ0n) is 18.9. The van der Waals surface area contributed by atoms with Crippen LogP contribution in [-0.2, 0) is 0 Å². The van der Waals surface area contributed by atoms with E-state index in [1.807, 2.05) is 29.6 Å². The predicted octanol–water partition coefficient (Wildman–Crippen LogP) is 6.69. The Labute approximate surface area is 212 Å². The largest absolute Gasteiger partial charge is 0.493 e. The topological polar surface area (TPSA) is 84.2 Å². The smallest absolute Gasteiger partial charge is 0.195 e. The highest BCUT2D eigenvalue weighted by Gasteiger charge is 2.15. The molecule has 1 heterocycles. The zero-order valence-corrected chi connectivity index (χ0v) is 20.5. The zero-order chi connectivity index (χ0) is 24.8. The normalized spacial score (nSPS) is 11.0. The minimum Gasteiger partial charge on any atom is -0.493 e. The lowest BCUT2D eigenvalue weighted by Gasteiger charge is -2.10. The number of ether oxygens (including phenoxy) is 2. The minimum absolute atomic E-state index is 0.174. The number of anilines is 1. The fourth-order valence-electron chi connectivity index (χ4n) is 3.39. The maximum atomic E-state index is 13.0. The minimum atomic E-state index is -0.174. The Morgan fingerprint density at radius 3 is 2.54 bits per heavy atom. The molecule has 3 aromatic carbocycles. The van der Waals surface area contributed by atoms with Crippen molar-refractivity contribution in [2.24, 2.45) is 0 Å². The Hall–Kier alpha value is -4.12. The summed E-state index contributed by atoms with van der Waals surface area (Å²) in [5, 5.41) is 15.7. The van der Waals surface area contributed by atoms with E-state index >= 15 is 0 Å². The Balaban J connectivity index is 1.62. The number of allylic oxidation sites excluding steroid dienone is 1. The second-order valence-electron chi connectivity index (χ2n) is 7.31. The number of hydrogen-bond acceptors (Lipinski definition) is 7. The van der Waals surface area contributed by atoms with Crippen molar-refractivity contribution in [2.75, 3.05) is 19.5 Å². The third kappa shape index (κ3) is 5.35. The number of thiazole rings is 1. The molecule has 0 aliphatic carbocycles. The summed E-state index contributed by atoms with van der Waals surface area (Å²) in [5.41, 5.74) is 3.36. The van der Waals surface area contributed by atoms with E-state index in [-0.39, 0.29) is 5.78 Å². The van der Waals surface area contributed by atoms with E-state index in [1.54, 1.807) is 62.9 Å². The van der Waals surface area contributed by atoms with Crippen molar-refractivity contribution in [3.8, 4) is 28.8 Å². The highest BCUT2D eigenvalue weighted by Crippen LogP contribution is 2.34. The molecule has 0 fully saturated rings. The van der Waals surface area contributed by atoms with Crippen LogP contribution in [0.5, 0.6) is 11.5 Å². The number of nitrogens with zero attached hydrogens (tertiary/aromatic N) is 2. The average molecular weight is 502 g/mol. The van der Waals surface area contributed by atoms with Crippen molar-refractivity contribution >= 4 is 40.0 Å². The molecule has 1 N–H and O–H groups in total. The first-order valence-electron chi connectivity index (χ1n) is 10.5. The van der Waals surface area contributed by atoms with Crippen LogP contribution in [0.25, 0.3) is 16.8 Å². The summed E-state index contributed by atoms with van der Waals surface area (Å²) in [6.45, 7) is 0. The van der Waals surface area contributed by atoms with Crippen LogP contribution in [0.2, 0.25) is 5.02 Å². The number of methoxy groups -OCH3 is 2. The Kier molecular flexibility index (Phi) is 7.46. The number of hydrogen-bond donors (Lipinski definition) is 1. The molecule has 35 heavy (non-hydrogen) atoms. The number of nitriles is 1. The van der Waals surface area contributed by atoms with Crippen LogP contribution in [0.3, 0.4) is 0 Å². The summed E-state index contributed by atoms with van der Waals surface area (Å²) < 4.78 is 10.7. The second-order valence-corrected chi connectivity index (χ2v) is 8.60. The Morgan fingerprint density at radius 2 is 1.83 bits per heavy atom. The predicted molar refractivity (Wildman–Crippen MR) is 139 cm³/mol. The van der Waals surface area contributed by atoms with Gasteiger partial charge in [0, 0.05) is 39.0 Å².